The number of imidazole rings is 1. The van der Waals surface area contributed by atoms with Crippen molar-refractivity contribution < 1.29 is 9.90 Å². The predicted octanol–water partition coefficient (Wildman–Crippen LogP) is 4.18. The van der Waals surface area contributed by atoms with Crippen molar-refractivity contribution in [3.05, 3.63) is 88.5 Å². The van der Waals surface area contributed by atoms with Gasteiger partial charge >= 0.3 is 11.7 Å². The fourth-order valence-corrected chi connectivity index (χ4v) is 4.76. The molecule has 0 atom stereocenters. The molecule has 0 unspecified atom stereocenters. The van der Waals surface area contributed by atoms with Gasteiger partial charge in [-0.1, -0.05) is 38.5 Å². The number of aromatic nitrogens is 8. The molecule has 4 aromatic heterocycles. The average Bonchev–Trinajstić information content (AvgIpc) is 3.69. The molecule has 0 spiro atoms. The van der Waals surface area contributed by atoms with Crippen LogP contribution in [0.5, 0.6) is 0 Å². The Morgan fingerprint density at radius 1 is 1.05 bits per heavy atom. The van der Waals surface area contributed by atoms with E-state index in [4.69, 9.17) is 0 Å². The number of carboxylic acids is 1. The van der Waals surface area contributed by atoms with E-state index in [0.717, 1.165) is 47.3 Å². The number of tetrazole rings is 1. The Balaban J connectivity index is 1.54. The number of hydrogen-bond acceptors (Lipinski definition) is 6. The Bertz CT molecular complexity index is 1650. The summed E-state index contributed by atoms with van der Waals surface area (Å²) in [5.74, 6) is -0.105. The molecule has 1 aromatic carbocycles. The zero-order valence-electron chi connectivity index (χ0n) is 21.9. The van der Waals surface area contributed by atoms with E-state index in [1.807, 2.05) is 47.9 Å². The standard InChI is InChI=1S/C28H30N8O3/c1-3-5-9-23-18-36(26-24(27(37)38)11-14-34(26)13-4-2)28(39)35(23)17-22-16-20(10-12-29-22)19-7-6-8-21(15-19)25-30-32-33-31-25/h6-8,10-12,14-16,18H,3-5,9,13,17H2,1-2H3,(H,37,38)(H,30,31,32,33). The van der Waals surface area contributed by atoms with E-state index in [0.29, 0.717) is 24.6 Å². The molecule has 0 saturated carbocycles. The number of carbonyl (C=O) groups is 1. The zero-order valence-corrected chi connectivity index (χ0v) is 21.9. The number of aryl methyl sites for hydroxylation is 2. The van der Waals surface area contributed by atoms with Crippen molar-refractivity contribution in [3.8, 4) is 28.3 Å². The predicted molar refractivity (Wildman–Crippen MR) is 146 cm³/mol. The van der Waals surface area contributed by atoms with E-state index in [1.54, 1.807) is 29.2 Å². The number of unbranched alkanes of at least 4 members (excludes halogenated alkanes) is 1. The van der Waals surface area contributed by atoms with Crippen LogP contribution in [0.4, 0.5) is 0 Å². The number of aromatic carboxylic acids is 1. The Morgan fingerprint density at radius 2 is 1.87 bits per heavy atom. The fourth-order valence-electron chi connectivity index (χ4n) is 4.76. The maximum atomic E-state index is 13.8. The van der Waals surface area contributed by atoms with E-state index in [1.165, 1.54) is 4.57 Å². The van der Waals surface area contributed by atoms with Gasteiger partial charge in [-0.05, 0) is 65.1 Å². The highest BCUT2D eigenvalue weighted by molar-refractivity contribution is 5.91. The lowest BCUT2D eigenvalue weighted by molar-refractivity contribution is 0.0697. The van der Waals surface area contributed by atoms with Crippen molar-refractivity contribution in [1.29, 1.82) is 0 Å². The van der Waals surface area contributed by atoms with Crippen molar-refractivity contribution >= 4 is 5.97 Å². The second-order valence-corrected chi connectivity index (χ2v) is 9.38. The molecule has 0 aliphatic rings. The Kier molecular flexibility index (Phi) is 7.48. The number of nitrogens with one attached hydrogen (secondary N) is 1. The number of H-pyrrole nitrogens is 1. The molecule has 39 heavy (non-hydrogen) atoms. The highest BCUT2D eigenvalue weighted by Crippen LogP contribution is 2.25. The van der Waals surface area contributed by atoms with Gasteiger partial charge in [0, 0.05) is 36.4 Å². The minimum atomic E-state index is -1.06. The normalized spacial score (nSPS) is 11.2. The zero-order chi connectivity index (χ0) is 27.4. The van der Waals surface area contributed by atoms with Crippen molar-refractivity contribution in [3.63, 3.8) is 0 Å². The van der Waals surface area contributed by atoms with Gasteiger partial charge in [0.05, 0.1) is 12.2 Å². The highest BCUT2D eigenvalue weighted by Gasteiger charge is 2.22. The number of nitrogens with zero attached hydrogens (tertiary/aromatic N) is 7. The van der Waals surface area contributed by atoms with Crippen molar-refractivity contribution in [2.45, 2.75) is 52.6 Å². The van der Waals surface area contributed by atoms with Crippen molar-refractivity contribution in [2.75, 3.05) is 0 Å². The third-order valence-corrected chi connectivity index (χ3v) is 6.66. The minimum absolute atomic E-state index is 0.103. The van der Waals surface area contributed by atoms with E-state index in [9.17, 15) is 14.7 Å². The van der Waals surface area contributed by atoms with Crippen LogP contribution in [0.15, 0.2) is 65.8 Å². The third kappa shape index (κ3) is 5.28. The van der Waals surface area contributed by atoms with Crippen LogP contribution >= 0.6 is 0 Å². The van der Waals surface area contributed by atoms with E-state index in [2.05, 4.69) is 32.5 Å². The number of pyridine rings is 1. The van der Waals surface area contributed by atoms with Gasteiger partial charge in [0.2, 0.25) is 0 Å². The van der Waals surface area contributed by atoms with Gasteiger partial charge in [-0.25, -0.2) is 14.7 Å². The summed E-state index contributed by atoms with van der Waals surface area (Å²) in [6.07, 6.45) is 8.62. The Hall–Kier alpha value is -4.80. The summed E-state index contributed by atoms with van der Waals surface area (Å²) < 4.78 is 5.00. The number of carboxylic acid groups (broad SMARTS) is 1. The molecule has 11 heteroatoms. The number of rotatable bonds is 11. The minimum Gasteiger partial charge on any atom is -0.478 e. The van der Waals surface area contributed by atoms with Crippen LogP contribution in [-0.4, -0.2) is 50.4 Å². The first-order valence-electron chi connectivity index (χ1n) is 13.0. The molecular weight excluding hydrogens is 496 g/mol. The summed E-state index contributed by atoms with van der Waals surface area (Å²) in [6.45, 7) is 4.99. The Morgan fingerprint density at radius 3 is 2.62 bits per heavy atom. The molecule has 0 radical (unpaired) electrons. The third-order valence-electron chi connectivity index (χ3n) is 6.66. The topological polar surface area (TPSA) is 137 Å². The second-order valence-electron chi connectivity index (χ2n) is 9.38. The maximum absolute atomic E-state index is 13.8. The van der Waals surface area contributed by atoms with Crippen LogP contribution in [0.1, 0.15) is 54.9 Å². The van der Waals surface area contributed by atoms with Gasteiger partial charge in [-0.2, -0.15) is 0 Å². The van der Waals surface area contributed by atoms with Crippen LogP contribution in [0.25, 0.3) is 28.3 Å². The van der Waals surface area contributed by atoms with Gasteiger partial charge in [0.15, 0.2) is 5.82 Å². The molecule has 4 heterocycles. The molecule has 0 aliphatic carbocycles. The monoisotopic (exact) mass is 526 g/mol. The van der Waals surface area contributed by atoms with Crippen molar-refractivity contribution in [1.82, 2.24) is 39.3 Å². The summed E-state index contributed by atoms with van der Waals surface area (Å²) in [5, 5.41) is 23.9. The average molecular weight is 527 g/mol. The van der Waals surface area contributed by atoms with Crippen LogP contribution < -0.4 is 5.69 Å². The molecule has 0 bridgehead atoms. The summed E-state index contributed by atoms with van der Waals surface area (Å²) in [5.41, 5.74) is 4.15. The lowest BCUT2D eigenvalue weighted by Crippen LogP contribution is -2.27. The SMILES string of the molecule is CCCCc1cn(-c2c(C(=O)O)ccn2CCC)c(=O)n1Cc1cc(-c2cccc(-c3nnn[nH]3)c2)ccn1. The van der Waals surface area contributed by atoms with Crippen LogP contribution in [0.2, 0.25) is 0 Å². The van der Waals surface area contributed by atoms with Gasteiger partial charge < -0.3 is 9.67 Å². The smallest absolute Gasteiger partial charge is 0.339 e. The second kappa shape index (κ2) is 11.3. The van der Waals surface area contributed by atoms with Gasteiger partial charge in [-0.3, -0.25) is 14.1 Å². The van der Waals surface area contributed by atoms with E-state index >= 15 is 0 Å². The lowest BCUT2D eigenvalue weighted by Gasteiger charge is -2.10. The first-order valence-corrected chi connectivity index (χ1v) is 13.0. The molecule has 2 N–H and O–H groups in total. The molecular formula is C28H30N8O3. The van der Waals surface area contributed by atoms with Gasteiger partial charge in [0.1, 0.15) is 11.4 Å². The van der Waals surface area contributed by atoms with Crippen LogP contribution in [-0.2, 0) is 19.5 Å². The molecule has 0 aliphatic heterocycles. The first kappa shape index (κ1) is 25.8. The summed E-state index contributed by atoms with van der Waals surface area (Å²) >= 11 is 0. The van der Waals surface area contributed by atoms with Crippen LogP contribution in [0.3, 0.4) is 0 Å². The largest absolute Gasteiger partial charge is 0.478 e. The summed E-state index contributed by atoms with van der Waals surface area (Å²) in [4.78, 5) is 30.3. The summed E-state index contributed by atoms with van der Waals surface area (Å²) in [7, 11) is 0. The number of benzene rings is 1. The lowest BCUT2D eigenvalue weighted by atomic mass is 10.0. The molecule has 200 valence electrons. The molecule has 11 nitrogen and oxygen atoms in total. The molecule has 5 rings (SSSR count). The fraction of sp³-hybridized carbons (Fsp3) is 0.286. The van der Waals surface area contributed by atoms with E-state index in [-0.39, 0.29) is 17.8 Å². The highest BCUT2D eigenvalue weighted by atomic mass is 16.4. The van der Waals surface area contributed by atoms with Gasteiger partial charge in [0.25, 0.3) is 0 Å². The molecule has 0 amide bonds. The van der Waals surface area contributed by atoms with Crippen LogP contribution in [0, 0.1) is 0 Å². The Labute approximate surface area is 224 Å². The van der Waals surface area contributed by atoms with Gasteiger partial charge in [-0.15, -0.1) is 5.10 Å². The number of aromatic amines is 1. The number of hydrogen-bond donors (Lipinski definition) is 2. The molecule has 0 saturated heterocycles. The maximum Gasteiger partial charge on any atom is 0.339 e. The summed E-state index contributed by atoms with van der Waals surface area (Å²) in [6, 6.07) is 13.3. The quantitative estimate of drug-likeness (QED) is 0.263. The first-order chi connectivity index (χ1) is 19.0. The molecule has 0 fully saturated rings. The molecule has 5 aromatic rings. The van der Waals surface area contributed by atoms with E-state index < -0.39 is 5.97 Å². The van der Waals surface area contributed by atoms with Crippen molar-refractivity contribution in [2.24, 2.45) is 0 Å².